The van der Waals surface area contributed by atoms with Gasteiger partial charge in [0, 0.05) is 6.92 Å². The second kappa shape index (κ2) is 14.5. The number of carbonyl (C=O) groups is 1. The zero-order valence-electron chi connectivity index (χ0n) is 22.2. The molecule has 0 spiro atoms. The number of rotatable bonds is 12. The molecule has 0 N–H and O–H groups in total. The van der Waals surface area contributed by atoms with E-state index in [9.17, 15) is 4.79 Å². The van der Waals surface area contributed by atoms with Gasteiger partial charge < -0.3 is 18.6 Å². The normalized spacial score (nSPS) is 23.4. The Labute approximate surface area is 217 Å². The zero-order valence-corrected chi connectivity index (χ0v) is 23.2. The van der Waals surface area contributed by atoms with Crippen molar-refractivity contribution >= 4 is 14.3 Å². The largest absolute Gasteiger partial charge is 0.460 e. The van der Waals surface area contributed by atoms with Crippen molar-refractivity contribution in [2.24, 2.45) is 0 Å². The molecule has 3 rings (SSSR count). The molecule has 2 aromatic rings. The highest BCUT2D eigenvalue weighted by atomic mass is 28.4. The molecule has 4 atom stereocenters. The average Bonchev–Trinajstić information content (AvgIpc) is 2.90. The maximum atomic E-state index is 12.1. The maximum Gasteiger partial charge on any atom is 0.302 e. The maximum absolute atomic E-state index is 12.1. The highest BCUT2D eigenvalue weighted by molar-refractivity contribution is 6.73. The van der Waals surface area contributed by atoms with E-state index in [0.29, 0.717) is 19.6 Å². The third-order valence-corrected chi connectivity index (χ3v) is 11.8. The van der Waals surface area contributed by atoms with Crippen LogP contribution < -0.4 is 0 Å². The second-order valence-electron chi connectivity index (χ2n) is 9.50. The zero-order chi connectivity index (χ0) is 25.8. The Morgan fingerprint density at radius 2 is 1.36 bits per heavy atom. The first-order valence-corrected chi connectivity index (χ1v) is 15.9. The van der Waals surface area contributed by atoms with Crippen LogP contribution >= 0.6 is 0 Å². The molecule has 0 aromatic heterocycles. The number of hydrogen-bond acceptors (Lipinski definition) is 5. The molecule has 0 saturated heterocycles. The molecule has 0 heterocycles. The lowest BCUT2D eigenvalue weighted by Gasteiger charge is -2.41. The van der Waals surface area contributed by atoms with Gasteiger partial charge in [-0.25, -0.2) is 0 Å². The van der Waals surface area contributed by atoms with Crippen LogP contribution in [0.4, 0.5) is 0 Å². The monoisotopic (exact) mass is 510 g/mol. The summed E-state index contributed by atoms with van der Waals surface area (Å²) in [5.74, 6) is -0.309. The van der Waals surface area contributed by atoms with E-state index in [4.69, 9.17) is 18.6 Å². The number of esters is 1. The average molecular weight is 511 g/mol. The summed E-state index contributed by atoms with van der Waals surface area (Å²) >= 11 is 0. The third-order valence-electron chi connectivity index (χ3n) is 7.16. The minimum absolute atomic E-state index is 0.278. The van der Waals surface area contributed by atoms with E-state index in [-0.39, 0.29) is 12.1 Å². The fourth-order valence-corrected chi connectivity index (χ4v) is 7.61. The standard InChI is InChI=1S/C30H42O5Si/c1-5-36(6-2,7-3)35-28-21-15-14-20-27(34-24(4)31)29(32-22-25-16-10-8-11-17-25)30(28)33-23-26-18-12-9-13-19-26/h8-13,15-19,21,27-30H,5-7,14,20,22-23H2,1-4H3/b21-15-/t27?,28-,29+,30+/m1/s1. The lowest BCUT2D eigenvalue weighted by molar-refractivity contribution is -0.181. The van der Waals surface area contributed by atoms with Gasteiger partial charge in [0.1, 0.15) is 18.3 Å². The van der Waals surface area contributed by atoms with Crippen molar-refractivity contribution in [2.75, 3.05) is 0 Å². The molecule has 0 amide bonds. The fourth-order valence-electron chi connectivity index (χ4n) is 4.82. The molecule has 5 nitrogen and oxygen atoms in total. The Kier molecular flexibility index (Phi) is 11.4. The predicted octanol–water partition coefficient (Wildman–Crippen LogP) is 6.83. The van der Waals surface area contributed by atoms with Crippen molar-refractivity contribution in [1.29, 1.82) is 0 Å². The molecule has 196 valence electrons. The second-order valence-corrected chi connectivity index (χ2v) is 14.2. The van der Waals surface area contributed by atoms with Gasteiger partial charge in [-0.2, -0.15) is 0 Å². The van der Waals surface area contributed by atoms with Gasteiger partial charge in [0.15, 0.2) is 8.32 Å². The van der Waals surface area contributed by atoms with Crippen molar-refractivity contribution in [3.8, 4) is 0 Å². The minimum Gasteiger partial charge on any atom is -0.460 e. The number of ether oxygens (including phenoxy) is 3. The first-order chi connectivity index (χ1) is 17.5. The minimum atomic E-state index is -1.96. The van der Waals surface area contributed by atoms with Gasteiger partial charge in [-0.15, -0.1) is 0 Å². The fraction of sp³-hybridized carbons (Fsp3) is 0.500. The van der Waals surface area contributed by atoms with Gasteiger partial charge >= 0.3 is 5.97 Å². The Balaban J connectivity index is 1.96. The summed E-state index contributed by atoms with van der Waals surface area (Å²) in [6.07, 6.45) is 4.16. The number of hydrogen-bond donors (Lipinski definition) is 0. The van der Waals surface area contributed by atoms with Crippen LogP contribution in [0.1, 0.15) is 51.7 Å². The Bertz CT molecular complexity index is 921. The number of allylic oxidation sites excluding steroid dienone is 1. The molecule has 2 aromatic carbocycles. The summed E-state index contributed by atoms with van der Waals surface area (Å²) in [5, 5.41) is 0. The van der Waals surface area contributed by atoms with E-state index in [2.05, 4.69) is 45.1 Å². The van der Waals surface area contributed by atoms with E-state index in [1.165, 1.54) is 6.92 Å². The van der Waals surface area contributed by atoms with Crippen LogP contribution in [0.2, 0.25) is 18.1 Å². The molecular weight excluding hydrogens is 468 g/mol. The molecule has 6 heteroatoms. The molecule has 0 radical (unpaired) electrons. The summed E-state index contributed by atoms with van der Waals surface area (Å²) in [6, 6.07) is 23.3. The summed E-state index contributed by atoms with van der Waals surface area (Å²) in [7, 11) is -1.96. The topological polar surface area (TPSA) is 54.0 Å². The Morgan fingerprint density at radius 3 is 1.86 bits per heavy atom. The van der Waals surface area contributed by atoms with Crippen LogP contribution in [0.25, 0.3) is 0 Å². The molecule has 36 heavy (non-hydrogen) atoms. The van der Waals surface area contributed by atoms with E-state index in [0.717, 1.165) is 35.7 Å². The molecule has 1 aliphatic carbocycles. The van der Waals surface area contributed by atoms with Crippen LogP contribution in [0, 0.1) is 0 Å². The van der Waals surface area contributed by atoms with E-state index in [1.807, 2.05) is 48.5 Å². The van der Waals surface area contributed by atoms with Gasteiger partial charge in [-0.05, 0) is 42.1 Å². The highest BCUT2D eigenvalue weighted by Crippen LogP contribution is 2.31. The van der Waals surface area contributed by atoms with Crippen molar-refractivity contribution in [2.45, 2.75) is 96.3 Å². The van der Waals surface area contributed by atoms with Crippen LogP contribution in [0.15, 0.2) is 72.8 Å². The Hall–Kier alpha value is -2.25. The summed E-state index contributed by atoms with van der Waals surface area (Å²) in [4.78, 5) is 12.1. The van der Waals surface area contributed by atoms with Gasteiger partial charge in [0.2, 0.25) is 0 Å². The lowest BCUT2D eigenvalue weighted by atomic mass is 9.95. The van der Waals surface area contributed by atoms with E-state index in [1.54, 1.807) is 0 Å². The van der Waals surface area contributed by atoms with E-state index < -0.39 is 26.6 Å². The molecule has 0 bridgehead atoms. The van der Waals surface area contributed by atoms with Gasteiger partial charge in [-0.1, -0.05) is 93.6 Å². The van der Waals surface area contributed by atoms with Gasteiger partial charge in [0.25, 0.3) is 0 Å². The number of carbonyl (C=O) groups excluding carboxylic acids is 1. The smallest absolute Gasteiger partial charge is 0.302 e. The SMILES string of the molecule is CC[Si](CC)(CC)O[C@@H]1/C=C\CCC(OC(C)=O)[C@H](OCc2ccccc2)[C@H]1OCc1ccccc1. The van der Waals surface area contributed by atoms with Crippen molar-refractivity contribution in [3.05, 3.63) is 83.9 Å². The number of benzene rings is 2. The van der Waals surface area contributed by atoms with Crippen molar-refractivity contribution in [1.82, 2.24) is 0 Å². The first-order valence-electron chi connectivity index (χ1n) is 13.3. The van der Waals surface area contributed by atoms with Crippen molar-refractivity contribution < 1.29 is 23.4 Å². The molecule has 1 aliphatic rings. The van der Waals surface area contributed by atoms with Gasteiger partial charge in [-0.3, -0.25) is 4.79 Å². The summed E-state index contributed by atoms with van der Waals surface area (Å²) < 4.78 is 26.1. The van der Waals surface area contributed by atoms with Crippen molar-refractivity contribution in [3.63, 3.8) is 0 Å². The molecule has 0 saturated carbocycles. The Morgan fingerprint density at radius 1 is 0.833 bits per heavy atom. The van der Waals surface area contributed by atoms with Crippen LogP contribution in [-0.2, 0) is 36.6 Å². The molecule has 1 unspecified atom stereocenters. The molecule has 0 fully saturated rings. The third kappa shape index (κ3) is 8.13. The molecular formula is C30H42O5Si. The summed E-state index contributed by atoms with van der Waals surface area (Å²) in [6.45, 7) is 8.99. The quantitative estimate of drug-likeness (QED) is 0.178. The van der Waals surface area contributed by atoms with E-state index >= 15 is 0 Å². The highest BCUT2D eigenvalue weighted by Gasteiger charge is 2.42. The summed E-state index contributed by atoms with van der Waals surface area (Å²) in [5.41, 5.74) is 2.15. The van der Waals surface area contributed by atoms with Crippen LogP contribution in [0.3, 0.4) is 0 Å². The molecule has 0 aliphatic heterocycles. The first kappa shape index (κ1) is 28.3. The van der Waals surface area contributed by atoms with Crippen LogP contribution in [0.5, 0.6) is 0 Å². The van der Waals surface area contributed by atoms with Crippen LogP contribution in [-0.4, -0.2) is 38.7 Å². The van der Waals surface area contributed by atoms with Gasteiger partial charge in [0.05, 0.1) is 19.3 Å². The predicted molar refractivity (Wildman–Crippen MR) is 146 cm³/mol. The lowest BCUT2D eigenvalue weighted by Crippen LogP contribution is -2.53.